The lowest BCUT2D eigenvalue weighted by molar-refractivity contribution is 0.173. The Morgan fingerprint density at radius 1 is 0.582 bits per heavy atom. The van der Waals surface area contributed by atoms with Crippen molar-refractivity contribution < 1.29 is 4.42 Å². The third-order valence-corrected chi connectivity index (χ3v) is 12.7. The smallest absolute Gasteiger partial charge is 0.149 e. The van der Waals surface area contributed by atoms with Crippen LogP contribution in [0.3, 0.4) is 0 Å². The fourth-order valence-corrected chi connectivity index (χ4v) is 9.04. The van der Waals surface area contributed by atoms with Crippen LogP contribution in [-0.4, -0.2) is 9.55 Å². The predicted octanol–water partition coefficient (Wildman–Crippen LogP) is 15.0. The van der Waals surface area contributed by atoms with Gasteiger partial charge in [0.15, 0.2) is 0 Å². The maximum absolute atomic E-state index is 6.84. The van der Waals surface area contributed by atoms with E-state index in [0.29, 0.717) is 5.41 Å². The van der Waals surface area contributed by atoms with Crippen LogP contribution in [0.25, 0.3) is 72.3 Å². The first-order chi connectivity index (χ1) is 26.5. The minimum absolute atomic E-state index is 0.246. The average molecular weight is 721 g/mol. The van der Waals surface area contributed by atoms with E-state index in [0.717, 1.165) is 49.9 Å². The first-order valence-corrected chi connectivity index (χ1v) is 20.3. The fourth-order valence-electron chi connectivity index (χ4n) is 9.04. The van der Waals surface area contributed by atoms with Crippen molar-refractivity contribution in [1.82, 2.24) is 9.55 Å². The number of rotatable bonds is 7. The van der Waals surface area contributed by atoms with Crippen LogP contribution in [-0.2, 0) is 5.41 Å². The van der Waals surface area contributed by atoms with E-state index in [4.69, 9.17) is 9.40 Å². The summed E-state index contributed by atoms with van der Waals surface area (Å²) in [5.41, 5.74) is 15.7. The SMILES string of the molecule is CC(C)c1cc(-c2ccc(C3(C)CCC(C)(C)CC3)cc2)cc(C(C)C)c1-n1c(-c2cccc3c2oc2cc(-c4ccccc4)ccc23)nc2ccccc21. The second-order valence-electron chi connectivity index (χ2n) is 17.7. The van der Waals surface area contributed by atoms with E-state index in [1.807, 2.05) is 0 Å². The van der Waals surface area contributed by atoms with E-state index in [1.165, 1.54) is 64.8 Å². The molecule has 0 atom stereocenters. The summed E-state index contributed by atoms with van der Waals surface area (Å²) >= 11 is 0. The number of hydrogen-bond acceptors (Lipinski definition) is 2. The highest BCUT2D eigenvalue weighted by Crippen LogP contribution is 2.47. The molecular weight excluding hydrogens is 669 g/mol. The van der Waals surface area contributed by atoms with Gasteiger partial charge in [-0.15, -0.1) is 0 Å². The lowest BCUT2D eigenvalue weighted by Gasteiger charge is -2.42. The number of benzene rings is 6. The van der Waals surface area contributed by atoms with Gasteiger partial charge < -0.3 is 4.42 Å². The Morgan fingerprint density at radius 2 is 1.22 bits per heavy atom. The summed E-state index contributed by atoms with van der Waals surface area (Å²) in [6.45, 7) is 16.6. The standard InChI is InChI=1S/C52H52N2O/c1-33(2)43-30-38(36-20-23-39(24-21-36)52(7)28-26-51(5,6)27-29-52)31-44(34(3)4)48(43)54-46-19-12-11-18-45(46)53-50(54)42-17-13-16-41-40-25-22-37(32-47(40)55-49(41)42)35-14-9-8-10-15-35/h8-25,30-34H,26-29H2,1-7H3. The van der Waals surface area contributed by atoms with Crippen LogP contribution in [0.5, 0.6) is 0 Å². The van der Waals surface area contributed by atoms with E-state index in [9.17, 15) is 0 Å². The van der Waals surface area contributed by atoms with Gasteiger partial charge >= 0.3 is 0 Å². The summed E-state index contributed by atoms with van der Waals surface area (Å²) < 4.78 is 9.26. The molecule has 9 rings (SSSR count). The molecule has 276 valence electrons. The van der Waals surface area contributed by atoms with Crippen molar-refractivity contribution in [3.63, 3.8) is 0 Å². The van der Waals surface area contributed by atoms with E-state index < -0.39 is 0 Å². The molecule has 0 saturated heterocycles. The third-order valence-electron chi connectivity index (χ3n) is 12.7. The minimum atomic E-state index is 0.246. The average Bonchev–Trinajstić information content (AvgIpc) is 3.77. The van der Waals surface area contributed by atoms with Crippen molar-refractivity contribution in [3.05, 3.63) is 144 Å². The third kappa shape index (κ3) is 6.18. The normalized spacial score (nSPS) is 15.5. The van der Waals surface area contributed by atoms with Gasteiger partial charge in [-0.25, -0.2) is 4.98 Å². The number of imidazole rings is 1. The molecule has 0 bridgehead atoms. The van der Waals surface area contributed by atoms with E-state index >= 15 is 0 Å². The zero-order valence-corrected chi connectivity index (χ0v) is 33.4. The maximum Gasteiger partial charge on any atom is 0.149 e. The largest absolute Gasteiger partial charge is 0.455 e. The molecule has 55 heavy (non-hydrogen) atoms. The molecule has 0 amide bonds. The van der Waals surface area contributed by atoms with Crippen LogP contribution in [0.2, 0.25) is 0 Å². The van der Waals surface area contributed by atoms with Gasteiger partial charge in [0.2, 0.25) is 0 Å². The number of fused-ring (bicyclic) bond motifs is 4. The number of furan rings is 1. The Hall–Kier alpha value is -5.41. The number of hydrogen-bond donors (Lipinski definition) is 0. The van der Waals surface area contributed by atoms with E-state index in [-0.39, 0.29) is 17.3 Å². The van der Waals surface area contributed by atoms with Crippen molar-refractivity contribution >= 4 is 33.0 Å². The minimum Gasteiger partial charge on any atom is -0.455 e. The zero-order valence-electron chi connectivity index (χ0n) is 33.4. The van der Waals surface area contributed by atoms with Crippen molar-refractivity contribution in [1.29, 1.82) is 0 Å². The molecule has 1 fully saturated rings. The van der Waals surface area contributed by atoms with Gasteiger partial charge in [0.25, 0.3) is 0 Å². The predicted molar refractivity (Wildman–Crippen MR) is 232 cm³/mol. The molecule has 1 aliphatic rings. The maximum atomic E-state index is 6.84. The zero-order chi connectivity index (χ0) is 38.1. The molecule has 2 aromatic heterocycles. The van der Waals surface area contributed by atoms with Crippen LogP contribution in [0.1, 0.15) is 103 Å². The van der Waals surface area contributed by atoms with Gasteiger partial charge in [0.05, 0.1) is 22.3 Å². The molecule has 8 aromatic rings. The summed E-state index contributed by atoms with van der Waals surface area (Å²) in [7, 11) is 0. The van der Waals surface area contributed by atoms with Crippen LogP contribution >= 0.6 is 0 Å². The van der Waals surface area contributed by atoms with Crippen LogP contribution < -0.4 is 0 Å². The van der Waals surface area contributed by atoms with Crippen LogP contribution in [0.4, 0.5) is 0 Å². The molecule has 3 heteroatoms. The molecule has 1 aliphatic carbocycles. The Balaban J connectivity index is 1.21. The van der Waals surface area contributed by atoms with Gasteiger partial charge in [0.1, 0.15) is 17.0 Å². The van der Waals surface area contributed by atoms with E-state index in [2.05, 4.69) is 180 Å². The Morgan fingerprint density at radius 3 is 1.91 bits per heavy atom. The second-order valence-corrected chi connectivity index (χ2v) is 17.7. The quantitative estimate of drug-likeness (QED) is 0.164. The summed E-state index contributed by atoms with van der Waals surface area (Å²) in [6, 6.07) is 46.6. The van der Waals surface area contributed by atoms with Crippen molar-refractivity contribution in [2.45, 2.75) is 91.4 Å². The number of para-hydroxylation sites is 3. The van der Waals surface area contributed by atoms with Crippen molar-refractivity contribution in [2.75, 3.05) is 0 Å². The van der Waals surface area contributed by atoms with Gasteiger partial charge in [-0.1, -0.05) is 133 Å². The summed E-state index contributed by atoms with van der Waals surface area (Å²) in [6.07, 6.45) is 5.07. The molecule has 0 radical (unpaired) electrons. The topological polar surface area (TPSA) is 31.0 Å². The number of aromatic nitrogens is 2. The van der Waals surface area contributed by atoms with Crippen LogP contribution in [0.15, 0.2) is 132 Å². The first kappa shape index (κ1) is 35.3. The highest BCUT2D eigenvalue weighted by atomic mass is 16.3. The highest BCUT2D eigenvalue weighted by Gasteiger charge is 2.36. The van der Waals surface area contributed by atoms with Gasteiger partial charge in [0, 0.05) is 10.8 Å². The fraction of sp³-hybridized carbons (Fsp3) is 0.288. The molecule has 0 unspecified atom stereocenters. The molecule has 3 nitrogen and oxygen atoms in total. The molecule has 1 saturated carbocycles. The van der Waals surface area contributed by atoms with Gasteiger partial charge in [-0.3, -0.25) is 4.57 Å². The number of nitrogens with zero attached hydrogens (tertiary/aromatic N) is 2. The van der Waals surface area contributed by atoms with Gasteiger partial charge in [-0.05, 0) is 130 Å². The highest BCUT2D eigenvalue weighted by molar-refractivity contribution is 6.10. The van der Waals surface area contributed by atoms with Gasteiger partial charge in [-0.2, -0.15) is 0 Å². The lowest BCUT2D eigenvalue weighted by Crippen LogP contribution is -2.32. The molecule has 2 heterocycles. The van der Waals surface area contributed by atoms with E-state index in [1.54, 1.807) is 0 Å². The summed E-state index contributed by atoms with van der Waals surface area (Å²) in [4.78, 5) is 5.40. The van der Waals surface area contributed by atoms with Crippen molar-refractivity contribution in [2.24, 2.45) is 5.41 Å². The summed E-state index contributed by atoms with van der Waals surface area (Å²) in [5, 5.41) is 2.21. The van der Waals surface area contributed by atoms with Crippen molar-refractivity contribution in [3.8, 4) is 39.3 Å². The van der Waals surface area contributed by atoms with Crippen LogP contribution in [0, 0.1) is 5.41 Å². The Labute approximate surface area is 326 Å². The first-order valence-electron chi connectivity index (χ1n) is 20.3. The second kappa shape index (κ2) is 13.4. The lowest BCUT2D eigenvalue weighted by atomic mass is 9.63. The Kier molecular flexibility index (Phi) is 8.61. The molecule has 0 N–H and O–H groups in total. The molecule has 0 spiro atoms. The monoisotopic (exact) mass is 720 g/mol. The molecular formula is C52H52N2O. The molecule has 6 aromatic carbocycles. The summed E-state index contributed by atoms with van der Waals surface area (Å²) in [5.74, 6) is 1.46. The Bertz CT molecular complexity index is 2650. The molecule has 0 aliphatic heterocycles.